The predicted molar refractivity (Wildman–Crippen MR) is 116 cm³/mol. The van der Waals surface area contributed by atoms with Gasteiger partial charge in [-0.25, -0.2) is 24.2 Å². The van der Waals surface area contributed by atoms with Crippen molar-refractivity contribution < 1.29 is 9.18 Å². The Morgan fingerprint density at radius 3 is 2.87 bits per heavy atom. The van der Waals surface area contributed by atoms with Gasteiger partial charge in [-0.1, -0.05) is 6.92 Å². The van der Waals surface area contributed by atoms with Gasteiger partial charge in [-0.05, 0) is 31.7 Å². The first-order chi connectivity index (χ1) is 15.0. The Labute approximate surface area is 179 Å². The molecule has 2 N–H and O–H groups in total. The van der Waals surface area contributed by atoms with Crippen LogP contribution in [0.4, 0.5) is 16.0 Å². The first-order valence-corrected chi connectivity index (χ1v) is 10.4. The Morgan fingerprint density at radius 2 is 2.16 bits per heavy atom. The maximum absolute atomic E-state index is 13.7. The lowest BCUT2D eigenvalue weighted by Crippen LogP contribution is -2.42. The minimum Gasteiger partial charge on any atom is -0.352 e. The van der Waals surface area contributed by atoms with E-state index in [1.165, 1.54) is 12.3 Å². The number of anilines is 1. The van der Waals surface area contributed by atoms with E-state index in [0.29, 0.717) is 40.6 Å². The van der Waals surface area contributed by atoms with Crippen molar-refractivity contribution in [2.75, 3.05) is 18.4 Å². The van der Waals surface area contributed by atoms with Crippen molar-refractivity contribution in [1.29, 1.82) is 0 Å². The summed E-state index contributed by atoms with van der Waals surface area (Å²) >= 11 is 0. The lowest BCUT2D eigenvalue weighted by atomic mass is 9.90. The van der Waals surface area contributed by atoms with Gasteiger partial charge in [-0.2, -0.15) is 0 Å². The molecular formula is C22H24FN7O. The van der Waals surface area contributed by atoms with Gasteiger partial charge in [0.2, 0.25) is 17.5 Å². The van der Waals surface area contributed by atoms with E-state index in [1.54, 1.807) is 6.20 Å². The highest BCUT2D eigenvalue weighted by molar-refractivity contribution is 5.96. The summed E-state index contributed by atoms with van der Waals surface area (Å²) in [5, 5.41) is 3.92. The molecule has 1 aliphatic heterocycles. The summed E-state index contributed by atoms with van der Waals surface area (Å²) in [6.45, 7) is 13.0. The van der Waals surface area contributed by atoms with Crippen LogP contribution >= 0.6 is 0 Å². The Hall–Kier alpha value is -3.54. The van der Waals surface area contributed by atoms with Crippen molar-refractivity contribution in [1.82, 2.24) is 24.8 Å². The molecule has 160 valence electrons. The quantitative estimate of drug-likeness (QED) is 0.604. The van der Waals surface area contributed by atoms with Crippen LogP contribution < -0.4 is 5.32 Å². The molecule has 0 aromatic carbocycles. The number of nitrogens with one attached hydrogen (secondary N) is 2. The minimum atomic E-state index is -0.452. The summed E-state index contributed by atoms with van der Waals surface area (Å²) in [7, 11) is 0. The summed E-state index contributed by atoms with van der Waals surface area (Å²) in [5.74, 6) is 0.554. The predicted octanol–water partition coefficient (Wildman–Crippen LogP) is 4.16. The number of carbonyl (C=O) groups is 1. The molecule has 4 heterocycles. The van der Waals surface area contributed by atoms with Crippen LogP contribution in [-0.2, 0) is 4.79 Å². The van der Waals surface area contributed by atoms with E-state index in [-0.39, 0.29) is 17.6 Å². The monoisotopic (exact) mass is 421 g/mol. The van der Waals surface area contributed by atoms with Crippen molar-refractivity contribution in [3.05, 3.63) is 41.9 Å². The van der Waals surface area contributed by atoms with Gasteiger partial charge < -0.3 is 15.2 Å². The second kappa shape index (κ2) is 8.68. The number of amides is 1. The maximum Gasteiger partial charge on any atom is 0.231 e. The minimum absolute atomic E-state index is 0.104. The Balaban J connectivity index is 1.55. The van der Waals surface area contributed by atoms with Crippen LogP contribution in [0.25, 0.3) is 27.1 Å². The lowest BCUT2D eigenvalue weighted by molar-refractivity contribution is -0.132. The Bertz CT molecular complexity index is 1140. The summed E-state index contributed by atoms with van der Waals surface area (Å²) in [4.78, 5) is 33.3. The van der Waals surface area contributed by atoms with Gasteiger partial charge in [0.25, 0.3) is 0 Å². The second-order valence-corrected chi connectivity index (χ2v) is 7.80. The van der Waals surface area contributed by atoms with Crippen LogP contribution in [0.5, 0.6) is 0 Å². The molecule has 0 saturated carbocycles. The molecule has 0 spiro atoms. The van der Waals surface area contributed by atoms with Crippen LogP contribution in [0.1, 0.15) is 33.1 Å². The largest absolute Gasteiger partial charge is 0.352 e. The van der Waals surface area contributed by atoms with Gasteiger partial charge in [0.15, 0.2) is 0 Å². The molecule has 9 heteroatoms. The zero-order valence-corrected chi connectivity index (χ0v) is 17.5. The molecule has 4 rings (SSSR count). The SMILES string of the molecule is [C-]#[N+]c1cnc(NC(C)C2CCN(C(=O)CC)CC2)nc1-c1c[nH]c2ncc(F)cc12. The van der Waals surface area contributed by atoms with Gasteiger partial charge in [-0.3, -0.25) is 4.79 Å². The molecule has 31 heavy (non-hydrogen) atoms. The summed E-state index contributed by atoms with van der Waals surface area (Å²) in [6.07, 6.45) is 6.68. The number of H-pyrrole nitrogens is 1. The number of nitrogens with zero attached hydrogens (tertiary/aromatic N) is 5. The topological polar surface area (TPSA) is 91.2 Å². The third-order valence-corrected chi connectivity index (χ3v) is 5.90. The van der Waals surface area contributed by atoms with Crippen LogP contribution in [0.15, 0.2) is 24.7 Å². The molecule has 1 fully saturated rings. The molecule has 1 aliphatic rings. The number of fused-ring (bicyclic) bond motifs is 1. The van der Waals surface area contributed by atoms with Crippen molar-refractivity contribution in [2.45, 2.75) is 39.2 Å². The Kier molecular flexibility index (Phi) is 5.80. The molecule has 1 unspecified atom stereocenters. The first kappa shape index (κ1) is 20.7. The smallest absolute Gasteiger partial charge is 0.231 e. The number of aromatic amines is 1. The van der Waals surface area contributed by atoms with Gasteiger partial charge in [0.05, 0.1) is 18.5 Å². The maximum atomic E-state index is 13.7. The first-order valence-electron chi connectivity index (χ1n) is 10.4. The molecule has 1 atom stereocenters. The molecule has 0 bridgehead atoms. The summed E-state index contributed by atoms with van der Waals surface area (Å²) in [6, 6.07) is 1.48. The molecule has 1 amide bonds. The number of carbonyl (C=O) groups excluding carboxylic acids is 1. The van der Waals surface area contributed by atoms with Gasteiger partial charge in [-0.15, -0.1) is 0 Å². The summed E-state index contributed by atoms with van der Waals surface area (Å²) in [5.41, 5.74) is 1.86. The number of likely N-dealkylation sites (tertiary alicyclic amines) is 1. The third kappa shape index (κ3) is 4.19. The van der Waals surface area contributed by atoms with Crippen molar-refractivity contribution in [2.24, 2.45) is 5.92 Å². The fourth-order valence-electron chi connectivity index (χ4n) is 4.09. The second-order valence-electron chi connectivity index (χ2n) is 7.80. The van der Waals surface area contributed by atoms with E-state index >= 15 is 0 Å². The number of aromatic nitrogens is 4. The number of halogens is 1. The van der Waals surface area contributed by atoms with Crippen LogP contribution in [0.3, 0.4) is 0 Å². The number of pyridine rings is 1. The Morgan fingerprint density at radius 1 is 1.39 bits per heavy atom. The lowest BCUT2D eigenvalue weighted by Gasteiger charge is -2.35. The van der Waals surface area contributed by atoms with E-state index in [4.69, 9.17) is 6.57 Å². The van der Waals surface area contributed by atoms with Crippen molar-refractivity contribution >= 4 is 28.6 Å². The third-order valence-electron chi connectivity index (χ3n) is 5.90. The van der Waals surface area contributed by atoms with Crippen LogP contribution in [0, 0.1) is 18.3 Å². The molecule has 0 aliphatic carbocycles. The van der Waals surface area contributed by atoms with Crippen molar-refractivity contribution in [3.8, 4) is 11.3 Å². The van der Waals surface area contributed by atoms with Gasteiger partial charge in [0.1, 0.15) is 11.5 Å². The van der Waals surface area contributed by atoms with E-state index in [0.717, 1.165) is 32.1 Å². The molecule has 3 aromatic heterocycles. The normalized spacial score (nSPS) is 15.6. The van der Waals surface area contributed by atoms with Gasteiger partial charge >= 0.3 is 0 Å². The fourth-order valence-corrected chi connectivity index (χ4v) is 4.09. The zero-order chi connectivity index (χ0) is 22.0. The zero-order valence-electron chi connectivity index (χ0n) is 17.5. The number of hydrogen-bond donors (Lipinski definition) is 2. The molecule has 1 saturated heterocycles. The van der Waals surface area contributed by atoms with Gasteiger partial charge in [0, 0.05) is 48.9 Å². The highest BCUT2D eigenvalue weighted by Crippen LogP contribution is 2.34. The average molecular weight is 421 g/mol. The van der Waals surface area contributed by atoms with E-state index in [9.17, 15) is 9.18 Å². The highest BCUT2D eigenvalue weighted by Gasteiger charge is 2.26. The van der Waals surface area contributed by atoms with Crippen molar-refractivity contribution in [3.63, 3.8) is 0 Å². The molecule has 8 nitrogen and oxygen atoms in total. The highest BCUT2D eigenvalue weighted by atomic mass is 19.1. The molecule has 3 aromatic rings. The van der Waals surface area contributed by atoms with E-state index in [2.05, 4.69) is 37.0 Å². The molecule has 0 radical (unpaired) electrons. The molecular weight excluding hydrogens is 397 g/mol. The van der Waals surface area contributed by atoms with E-state index in [1.807, 2.05) is 11.8 Å². The van der Waals surface area contributed by atoms with Crippen LogP contribution in [0.2, 0.25) is 0 Å². The standard InChI is InChI=1S/C22H24FN7O/c1-4-19(31)30-7-5-14(6-8-30)13(2)28-22-27-12-18(24-3)20(29-22)17-11-26-21-16(17)9-15(23)10-25-21/h9-14H,4-8H2,1-2H3,(H,25,26)(H,27,28,29). The number of rotatable bonds is 5. The van der Waals surface area contributed by atoms with Crippen LogP contribution in [-0.4, -0.2) is 49.9 Å². The van der Waals surface area contributed by atoms with E-state index < -0.39 is 5.82 Å². The fraction of sp³-hybridized carbons (Fsp3) is 0.409. The summed E-state index contributed by atoms with van der Waals surface area (Å²) < 4.78 is 13.7. The average Bonchev–Trinajstić information content (AvgIpc) is 3.21. The number of hydrogen-bond acceptors (Lipinski definition) is 5. The number of piperidine rings is 1.